The zero-order valence-electron chi connectivity index (χ0n) is 13.3. The van der Waals surface area contributed by atoms with Crippen LogP contribution in [0.4, 0.5) is 5.69 Å². The van der Waals surface area contributed by atoms with Crippen LogP contribution in [0.1, 0.15) is 45.4 Å². The van der Waals surface area contributed by atoms with Crippen molar-refractivity contribution in [2.24, 2.45) is 5.92 Å². The van der Waals surface area contributed by atoms with Crippen LogP contribution >= 0.6 is 15.9 Å². The van der Waals surface area contributed by atoms with Gasteiger partial charge < -0.3 is 10.4 Å². The van der Waals surface area contributed by atoms with Gasteiger partial charge in [-0.2, -0.15) is 0 Å². The number of fused-ring (bicyclic) bond motifs is 3. The van der Waals surface area contributed by atoms with Crippen molar-refractivity contribution in [3.05, 3.63) is 75.3 Å². The highest BCUT2D eigenvalue weighted by molar-refractivity contribution is 9.10. The summed E-state index contributed by atoms with van der Waals surface area (Å²) in [5, 5.41) is 13.3. The topological polar surface area (TPSA) is 49.3 Å². The number of anilines is 1. The van der Waals surface area contributed by atoms with Gasteiger partial charge in [-0.3, -0.25) is 0 Å². The van der Waals surface area contributed by atoms with Crippen LogP contribution in [0.25, 0.3) is 0 Å². The smallest absolute Gasteiger partial charge is 0.336 e. The normalized spacial score (nSPS) is 24.2. The summed E-state index contributed by atoms with van der Waals surface area (Å²) in [7, 11) is 0. The number of hydrogen-bond donors (Lipinski definition) is 2. The Morgan fingerprint density at radius 1 is 1.25 bits per heavy atom. The molecule has 122 valence electrons. The van der Waals surface area contributed by atoms with Crippen LogP contribution in [0, 0.1) is 12.8 Å². The van der Waals surface area contributed by atoms with Crippen molar-refractivity contribution in [2.75, 3.05) is 5.32 Å². The van der Waals surface area contributed by atoms with Crippen LogP contribution in [-0.4, -0.2) is 11.1 Å². The number of hydrogen-bond acceptors (Lipinski definition) is 2. The van der Waals surface area contributed by atoms with E-state index < -0.39 is 5.97 Å². The second-order valence-corrected chi connectivity index (χ2v) is 7.38. The van der Waals surface area contributed by atoms with Crippen molar-refractivity contribution >= 4 is 27.6 Å². The van der Waals surface area contributed by atoms with E-state index in [0.29, 0.717) is 11.5 Å². The molecule has 3 atom stereocenters. The molecule has 1 aliphatic heterocycles. The van der Waals surface area contributed by atoms with Crippen LogP contribution in [-0.2, 0) is 0 Å². The molecule has 0 amide bonds. The quantitative estimate of drug-likeness (QED) is 0.693. The average molecular weight is 384 g/mol. The maximum atomic E-state index is 11.7. The highest BCUT2D eigenvalue weighted by Gasteiger charge is 2.40. The van der Waals surface area contributed by atoms with Gasteiger partial charge in [-0.25, -0.2) is 4.79 Å². The second kappa shape index (κ2) is 5.78. The van der Waals surface area contributed by atoms with Gasteiger partial charge in [0, 0.05) is 16.1 Å². The lowest BCUT2D eigenvalue weighted by Crippen LogP contribution is -2.31. The Morgan fingerprint density at radius 2 is 2.04 bits per heavy atom. The largest absolute Gasteiger partial charge is 0.478 e. The van der Waals surface area contributed by atoms with Crippen molar-refractivity contribution < 1.29 is 9.90 Å². The molecule has 0 fully saturated rings. The number of carbonyl (C=O) groups is 1. The highest BCUT2D eigenvalue weighted by Crippen LogP contribution is 2.52. The van der Waals surface area contributed by atoms with Crippen LogP contribution in [0.3, 0.4) is 0 Å². The van der Waals surface area contributed by atoms with E-state index in [0.717, 1.165) is 27.7 Å². The predicted octanol–water partition coefficient (Wildman–Crippen LogP) is 5.28. The summed E-state index contributed by atoms with van der Waals surface area (Å²) < 4.78 is 1.09. The molecule has 24 heavy (non-hydrogen) atoms. The van der Waals surface area contributed by atoms with Gasteiger partial charge in [-0.15, -0.1) is 0 Å². The average Bonchev–Trinajstić information content (AvgIpc) is 3.05. The van der Waals surface area contributed by atoms with Gasteiger partial charge in [0.1, 0.15) is 0 Å². The first-order valence-corrected chi connectivity index (χ1v) is 8.91. The third kappa shape index (κ3) is 2.28. The summed E-state index contributed by atoms with van der Waals surface area (Å²) in [6, 6.07) is 12.1. The molecular formula is C20H18BrNO2. The number of aryl methyl sites for hydroxylation is 1. The van der Waals surface area contributed by atoms with Crippen molar-refractivity contribution in [3.63, 3.8) is 0 Å². The molecule has 2 aromatic rings. The van der Waals surface area contributed by atoms with E-state index in [1.54, 1.807) is 6.07 Å². The third-order valence-corrected chi connectivity index (χ3v) is 5.92. The number of aromatic carboxylic acids is 1. The Morgan fingerprint density at radius 3 is 2.79 bits per heavy atom. The molecule has 4 heteroatoms. The van der Waals surface area contributed by atoms with Crippen molar-refractivity contribution in [2.45, 2.75) is 25.3 Å². The molecule has 2 aliphatic rings. The Balaban J connectivity index is 1.90. The minimum atomic E-state index is -0.855. The molecule has 0 unspecified atom stereocenters. The third-order valence-electron chi connectivity index (χ3n) is 5.20. The molecule has 4 rings (SSSR count). The summed E-state index contributed by atoms with van der Waals surface area (Å²) in [5.74, 6) is -0.383. The minimum absolute atomic E-state index is 0.143. The van der Waals surface area contributed by atoms with E-state index in [9.17, 15) is 9.90 Å². The van der Waals surface area contributed by atoms with E-state index in [1.807, 2.05) is 19.1 Å². The Hall–Kier alpha value is -2.07. The first-order valence-electron chi connectivity index (χ1n) is 8.12. The zero-order valence-corrected chi connectivity index (χ0v) is 14.9. The Kier molecular flexibility index (Phi) is 3.72. The predicted molar refractivity (Wildman–Crippen MR) is 98.6 cm³/mol. The highest BCUT2D eigenvalue weighted by atomic mass is 79.9. The summed E-state index contributed by atoms with van der Waals surface area (Å²) >= 11 is 3.67. The molecule has 2 N–H and O–H groups in total. The van der Waals surface area contributed by atoms with Gasteiger partial charge in [0.05, 0.1) is 11.6 Å². The van der Waals surface area contributed by atoms with Gasteiger partial charge in [-0.1, -0.05) is 52.3 Å². The van der Waals surface area contributed by atoms with Crippen LogP contribution < -0.4 is 5.32 Å². The van der Waals surface area contributed by atoms with E-state index in [1.165, 1.54) is 5.56 Å². The number of rotatable bonds is 2. The standard InChI is InChI=1S/C20H18BrNO2/c1-11-9-10-15(20(23)24)17-12-6-4-7-13(12)19(22-18(11)17)14-5-2-3-8-16(14)21/h2-6,8-10,12-13,19,22H,7H2,1H3,(H,23,24)/t12-,13+,19-/m0/s1. The first-order chi connectivity index (χ1) is 11.6. The fourth-order valence-electron chi connectivity index (χ4n) is 4.08. The molecule has 1 aliphatic carbocycles. The van der Waals surface area contributed by atoms with Crippen molar-refractivity contribution in [1.82, 2.24) is 0 Å². The number of carboxylic acids is 1. The maximum Gasteiger partial charge on any atom is 0.336 e. The summed E-state index contributed by atoms with van der Waals surface area (Å²) in [5.41, 5.74) is 4.64. The maximum absolute atomic E-state index is 11.7. The van der Waals surface area contributed by atoms with Gasteiger partial charge in [0.25, 0.3) is 0 Å². The lowest BCUT2D eigenvalue weighted by atomic mass is 9.75. The SMILES string of the molecule is Cc1ccc(C(=O)O)c2c1N[C@H](c1ccccc1Br)[C@@H]1CC=C[C@H]21. The molecule has 0 bridgehead atoms. The molecule has 0 saturated heterocycles. The number of allylic oxidation sites excluding steroid dienone is 2. The molecule has 0 saturated carbocycles. The fraction of sp³-hybridized carbons (Fsp3) is 0.250. The number of nitrogens with one attached hydrogen (secondary N) is 1. The number of benzene rings is 2. The van der Waals surface area contributed by atoms with Crippen molar-refractivity contribution in [1.29, 1.82) is 0 Å². The summed E-state index contributed by atoms with van der Waals surface area (Å²) in [6.07, 6.45) is 5.32. The lowest BCUT2D eigenvalue weighted by molar-refractivity contribution is 0.0695. The van der Waals surface area contributed by atoms with E-state index in [-0.39, 0.29) is 12.0 Å². The molecule has 3 nitrogen and oxygen atoms in total. The Bertz CT molecular complexity index is 859. The molecule has 0 aromatic heterocycles. The number of carboxylic acid groups (broad SMARTS) is 1. The molecule has 0 spiro atoms. The summed E-state index contributed by atoms with van der Waals surface area (Å²) in [6.45, 7) is 2.04. The van der Waals surface area contributed by atoms with Gasteiger partial charge in [0.15, 0.2) is 0 Å². The fourth-order valence-corrected chi connectivity index (χ4v) is 4.61. The Labute approximate surface area is 149 Å². The second-order valence-electron chi connectivity index (χ2n) is 6.52. The van der Waals surface area contributed by atoms with Crippen molar-refractivity contribution in [3.8, 4) is 0 Å². The summed E-state index contributed by atoms with van der Waals surface area (Å²) in [4.78, 5) is 11.7. The molecule has 0 radical (unpaired) electrons. The minimum Gasteiger partial charge on any atom is -0.478 e. The van der Waals surface area contributed by atoms with E-state index >= 15 is 0 Å². The van der Waals surface area contributed by atoms with Gasteiger partial charge in [-0.05, 0) is 48.1 Å². The van der Waals surface area contributed by atoms with Crippen LogP contribution in [0.15, 0.2) is 53.0 Å². The zero-order chi connectivity index (χ0) is 16.8. The monoisotopic (exact) mass is 383 g/mol. The van der Waals surface area contributed by atoms with Gasteiger partial charge >= 0.3 is 5.97 Å². The molecule has 2 aromatic carbocycles. The van der Waals surface area contributed by atoms with E-state index in [2.05, 4.69) is 51.6 Å². The lowest BCUT2D eigenvalue weighted by Gasteiger charge is -2.39. The van der Waals surface area contributed by atoms with E-state index in [4.69, 9.17) is 0 Å². The molecular weight excluding hydrogens is 366 g/mol. The molecule has 1 heterocycles. The van der Waals surface area contributed by atoms with Gasteiger partial charge in [0.2, 0.25) is 0 Å². The first kappa shape index (κ1) is 15.5. The van der Waals surface area contributed by atoms with Crippen LogP contribution in [0.2, 0.25) is 0 Å². The van der Waals surface area contributed by atoms with Crippen LogP contribution in [0.5, 0.6) is 0 Å². The number of halogens is 1.